The third-order valence-electron chi connectivity index (χ3n) is 3.25. The Balaban J connectivity index is 1.66. The number of aliphatic hydroxyl groups excluding tert-OH is 1. The first kappa shape index (κ1) is 14.6. The van der Waals surface area contributed by atoms with E-state index in [0.717, 1.165) is 25.9 Å². The fourth-order valence-corrected chi connectivity index (χ4v) is 2.33. The lowest BCUT2D eigenvalue weighted by atomic mass is 10.1. The van der Waals surface area contributed by atoms with Gasteiger partial charge >= 0.3 is 0 Å². The summed E-state index contributed by atoms with van der Waals surface area (Å²) in [6, 6.07) is 7.79. The first-order chi connectivity index (χ1) is 9.25. The van der Waals surface area contributed by atoms with Crippen LogP contribution in [0.4, 0.5) is 0 Å². The van der Waals surface area contributed by atoms with E-state index in [1.165, 1.54) is 0 Å². The summed E-state index contributed by atoms with van der Waals surface area (Å²) in [5.41, 5.74) is 0. The maximum Gasteiger partial charge on any atom is 0.138 e. The van der Waals surface area contributed by atoms with Crippen molar-refractivity contribution in [2.75, 3.05) is 26.2 Å². The van der Waals surface area contributed by atoms with Crippen LogP contribution in [0, 0.1) is 0 Å². The first-order valence-corrected chi connectivity index (χ1v) is 7.13. The van der Waals surface area contributed by atoms with Crippen LogP contribution >= 0.6 is 11.6 Å². The lowest BCUT2D eigenvalue weighted by Gasteiger charge is -2.25. The van der Waals surface area contributed by atoms with Gasteiger partial charge in [0.25, 0.3) is 0 Å². The van der Waals surface area contributed by atoms with Crippen LogP contribution in [0.2, 0.25) is 5.02 Å². The van der Waals surface area contributed by atoms with E-state index in [-0.39, 0.29) is 6.61 Å². The molecule has 0 aliphatic carbocycles. The standard InChI is InChI=1S/C14H21ClN2O2/c15-13-3-1-2-4-14(13)19-10-12(18)9-17-11-5-7-16-8-6-11/h1-4,11-12,16-18H,5-10H2. The van der Waals surface area contributed by atoms with Gasteiger partial charge < -0.3 is 20.5 Å². The SMILES string of the molecule is OC(CNC1CCNCC1)COc1ccccc1Cl. The normalized spacial score (nSPS) is 18.2. The second-order valence-corrected chi connectivity index (χ2v) is 5.23. The van der Waals surface area contributed by atoms with Gasteiger partial charge in [0, 0.05) is 12.6 Å². The molecule has 0 radical (unpaired) electrons. The average molecular weight is 285 g/mol. The van der Waals surface area contributed by atoms with Crippen molar-refractivity contribution < 1.29 is 9.84 Å². The molecule has 3 N–H and O–H groups in total. The van der Waals surface area contributed by atoms with Crippen LogP contribution in [0.15, 0.2) is 24.3 Å². The van der Waals surface area contributed by atoms with E-state index in [1.807, 2.05) is 12.1 Å². The molecule has 0 bridgehead atoms. The van der Waals surface area contributed by atoms with Gasteiger partial charge in [-0.15, -0.1) is 0 Å². The van der Waals surface area contributed by atoms with Crippen LogP contribution < -0.4 is 15.4 Å². The van der Waals surface area contributed by atoms with Crippen molar-refractivity contribution in [3.8, 4) is 5.75 Å². The number of para-hydroxylation sites is 1. The van der Waals surface area contributed by atoms with Crippen LogP contribution in [0.25, 0.3) is 0 Å². The molecule has 1 saturated heterocycles. The number of piperidine rings is 1. The molecule has 1 unspecified atom stereocenters. The zero-order chi connectivity index (χ0) is 13.5. The van der Waals surface area contributed by atoms with E-state index in [0.29, 0.717) is 23.4 Å². The molecule has 5 heteroatoms. The van der Waals surface area contributed by atoms with Gasteiger partial charge in [0.1, 0.15) is 18.5 Å². The Kier molecular flexibility index (Phi) is 5.92. The first-order valence-electron chi connectivity index (χ1n) is 6.75. The Labute approximate surface area is 119 Å². The Bertz CT molecular complexity index is 383. The van der Waals surface area contributed by atoms with Gasteiger partial charge in [0.05, 0.1) is 5.02 Å². The van der Waals surface area contributed by atoms with Crippen molar-refractivity contribution in [1.29, 1.82) is 0 Å². The predicted octanol–water partition coefficient (Wildman–Crippen LogP) is 1.42. The molecule has 1 fully saturated rings. The lowest BCUT2D eigenvalue weighted by Crippen LogP contribution is -2.43. The molecule has 1 atom stereocenters. The summed E-state index contributed by atoms with van der Waals surface area (Å²) in [4.78, 5) is 0. The van der Waals surface area contributed by atoms with E-state index in [4.69, 9.17) is 16.3 Å². The van der Waals surface area contributed by atoms with E-state index in [9.17, 15) is 5.11 Å². The summed E-state index contributed by atoms with van der Waals surface area (Å²) >= 11 is 5.98. The number of nitrogens with one attached hydrogen (secondary N) is 2. The average Bonchev–Trinajstić information content (AvgIpc) is 2.45. The summed E-state index contributed by atoms with van der Waals surface area (Å²) in [6.07, 6.45) is 1.70. The van der Waals surface area contributed by atoms with Crippen LogP contribution in [-0.4, -0.2) is 43.5 Å². The van der Waals surface area contributed by atoms with Crippen molar-refractivity contribution in [2.24, 2.45) is 0 Å². The van der Waals surface area contributed by atoms with Crippen molar-refractivity contribution in [1.82, 2.24) is 10.6 Å². The second kappa shape index (κ2) is 7.70. The van der Waals surface area contributed by atoms with Gasteiger partial charge in [-0.3, -0.25) is 0 Å². The Morgan fingerprint density at radius 1 is 1.37 bits per heavy atom. The summed E-state index contributed by atoms with van der Waals surface area (Å²) < 4.78 is 5.50. The monoisotopic (exact) mass is 284 g/mol. The van der Waals surface area contributed by atoms with Crippen LogP contribution in [0.5, 0.6) is 5.75 Å². The molecule has 1 heterocycles. The van der Waals surface area contributed by atoms with Crippen molar-refractivity contribution in [3.05, 3.63) is 29.3 Å². The predicted molar refractivity (Wildman–Crippen MR) is 76.8 cm³/mol. The number of hydrogen-bond acceptors (Lipinski definition) is 4. The van der Waals surface area contributed by atoms with Gasteiger partial charge in [0.15, 0.2) is 0 Å². The second-order valence-electron chi connectivity index (χ2n) is 4.83. The minimum Gasteiger partial charge on any atom is -0.489 e. The molecule has 19 heavy (non-hydrogen) atoms. The number of hydrogen-bond donors (Lipinski definition) is 3. The van der Waals surface area contributed by atoms with Gasteiger partial charge in [-0.1, -0.05) is 23.7 Å². The quantitative estimate of drug-likeness (QED) is 0.740. The highest BCUT2D eigenvalue weighted by Gasteiger charge is 2.14. The number of rotatable bonds is 6. The molecule has 0 spiro atoms. The van der Waals surface area contributed by atoms with Crippen molar-refractivity contribution in [2.45, 2.75) is 25.0 Å². The summed E-state index contributed by atoms with van der Waals surface area (Å²) in [7, 11) is 0. The minimum atomic E-state index is -0.522. The van der Waals surface area contributed by atoms with Crippen LogP contribution in [0.1, 0.15) is 12.8 Å². The zero-order valence-electron chi connectivity index (χ0n) is 10.9. The van der Waals surface area contributed by atoms with E-state index in [1.54, 1.807) is 12.1 Å². The maximum absolute atomic E-state index is 9.89. The van der Waals surface area contributed by atoms with Crippen molar-refractivity contribution in [3.63, 3.8) is 0 Å². The topological polar surface area (TPSA) is 53.5 Å². The highest BCUT2D eigenvalue weighted by Crippen LogP contribution is 2.23. The van der Waals surface area contributed by atoms with Gasteiger partial charge in [-0.25, -0.2) is 0 Å². The maximum atomic E-state index is 9.89. The van der Waals surface area contributed by atoms with Gasteiger partial charge in [0.2, 0.25) is 0 Å². The molecule has 4 nitrogen and oxygen atoms in total. The van der Waals surface area contributed by atoms with Gasteiger partial charge in [-0.05, 0) is 38.1 Å². The Morgan fingerprint density at radius 2 is 2.11 bits per heavy atom. The number of benzene rings is 1. The number of aliphatic hydroxyl groups is 1. The Hall–Kier alpha value is -0.810. The molecular formula is C14H21ClN2O2. The number of halogens is 1. The van der Waals surface area contributed by atoms with Gasteiger partial charge in [-0.2, -0.15) is 0 Å². The molecule has 1 aliphatic heterocycles. The number of ether oxygens (including phenoxy) is 1. The molecule has 0 amide bonds. The molecule has 0 aromatic heterocycles. The zero-order valence-corrected chi connectivity index (χ0v) is 11.7. The largest absolute Gasteiger partial charge is 0.489 e. The molecule has 1 aromatic carbocycles. The van der Waals surface area contributed by atoms with Crippen LogP contribution in [-0.2, 0) is 0 Å². The third kappa shape index (κ3) is 4.99. The van der Waals surface area contributed by atoms with Crippen LogP contribution in [0.3, 0.4) is 0 Å². The fraction of sp³-hybridized carbons (Fsp3) is 0.571. The highest BCUT2D eigenvalue weighted by molar-refractivity contribution is 6.32. The summed E-state index contributed by atoms with van der Waals surface area (Å²) in [5, 5.41) is 17.1. The van der Waals surface area contributed by atoms with E-state index in [2.05, 4.69) is 10.6 Å². The van der Waals surface area contributed by atoms with E-state index >= 15 is 0 Å². The van der Waals surface area contributed by atoms with E-state index < -0.39 is 6.10 Å². The Morgan fingerprint density at radius 3 is 2.84 bits per heavy atom. The lowest BCUT2D eigenvalue weighted by molar-refractivity contribution is 0.102. The smallest absolute Gasteiger partial charge is 0.138 e. The third-order valence-corrected chi connectivity index (χ3v) is 3.56. The highest BCUT2D eigenvalue weighted by atomic mass is 35.5. The van der Waals surface area contributed by atoms with Crippen molar-refractivity contribution >= 4 is 11.6 Å². The fourth-order valence-electron chi connectivity index (χ4n) is 2.14. The molecule has 2 rings (SSSR count). The molecular weight excluding hydrogens is 264 g/mol. The molecule has 106 valence electrons. The summed E-state index contributed by atoms with van der Waals surface area (Å²) in [5.74, 6) is 0.616. The minimum absolute atomic E-state index is 0.252. The molecule has 0 saturated carbocycles. The summed E-state index contributed by atoms with van der Waals surface area (Å²) in [6.45, 7) is 2.89. The molecule has 1 aromatic rings. The molecule has 1 aliphatic rings.